The van der Waals surface area contributed by atoms with E-state index in [1.54, 1.807) is 11.9 Å². The standard InChI is InChI=1S/C20H27N9O3/c1-11(2)25-20(31)32-13-5-4-12(6-13)14-7-15(28-27-14)26-16(30)8-29(3)19-17-18(22-9-21-17)23-10-24-19/h7,9-13H,4-6,8H2,1-3H3,(H,25,31)(H,21,22,23,24)(H2,26,27,28,30)/t12-,13+/m0/s1. The number of H-pyrrole nitrogens is 2. The highest BCUT2D eigenvalue weighted by atomic mass is 16.6. The van der Waals surface area contributed by atoms with E-state index in [0.29, 0.717) is 29.2 Å². The van der Waals surface area contributed by atoms with Gasteiger partial charge in [-0.3, -0.25) is 9.89 Å². The first-order valence-electron chi connectivity index (χ1n) is 10.6. The number of nitrogens with zero attached hydrogens (tertiary/aromatic N) is 5. The van der Waals surface area contributed by atoms with Crippen molar-refractivity contribution in [3.05, 3.63) is 24.4 Å². The normalized spacial score (nSPS) is 18.1. The van der Waals surface area contributed by atoms with Gasteiger partial charge in [-0.2, -0.15) is 5.10 Å². The third-order valence-electron chi connectivity index (χ3n) is 5.30. The van der Waals surface area contributed by atoms with E-state index in [1.807, 2.05) is 19.9 Å². The minimum atomic E-state index is -0.388. The third kappa shape index (κ3) is 4.95. The summed E-state index contributed by atoms with van der Waals surface area (Å²) < 4.78 is 5.48. The monoisotopic (exact) mass is 441 g/mol. The van der Waals surface area contributed by atoms with Gasteiger partial charge in [-0.25, -0.2) is 19.7 Å². The fourth-order valence-electron chi connectivity index (χ4n) is 3.87. The molecule has 2 atom stereocenters. The highest BCUT2D eigenvalue weighted by Crippen LogP contribution is 2.35. The molecule has 12 heteroatoms. The molecule has 3 aromatic rings. The second-order valence-corrected chi connectivity index (χ2v) is 8.25. The Balaban J connectivity index is 1.30. The molecule has 0 radical (unpaired) electrons. The molecule has 0 spiro atoms. The number of aromatic nitrogens is 6. The van der Waals surface area contributed by atoms with Crippen LogP contribution in [0.3, 0.4) is 0 Å². The van der Waals surface area contributed by atoms with Crippen molar-refractivity contribution in [2.24, 2.45) is 0 Å². The summed E-state index contributed by atoms with van der Waals surface area (Å²) in [6, 6.07) is 1.87. The number of alkyl carbamates (subject to hydrolysis) is 1. The Bertz CT molecular complexity index is 1090. The lowest BCUT2D eigenvalue weighted by Crippen LogP contribution is -2.33. The van der Waals surface area contributed by atoms with Crippen LogP contribution >= 0.6 is 0 Å². The van der Waals surface area contributed by atoms with Gasteiger partial charge in [0.25, 0.3) is 0 Å². The largest absolute Gasteiger partial charge is 0.446 e. The fraction of sp³-hybridized carbons (Fsp3) is 0.500. The van der Waals surface area contributed by atoms with E-state index in [1.165, 1.54) is 12.7 Å². The molecule has 3 aromatic heterocycles. The maximum absolute atomic E-state index is 12.5. The summed E-state index contributed by atoms with van der Waals surface area (Å²) in [5.74, 6) is 1.07. The average Bonchev–Trinajstić information content (AvgIpc) is 3.47. The molecule has 2 amide bonds. The highest BCUT2D eigenvalue weighted by molar-refractivity contribution is 5.94. The number of fused-ring (bicyclic) bond motifs is 1. The summed E-state index contributed by atoms with van der Waals surface area (Å²) in [5, 5.41) is 12.8. The van der Waals surface area contributed by atoms with Crippen molar-refractivity contribution >= 4 is 34.8 Å². The maximum Gasteiger partial charge on any atom is 0.407 e. The Morgan fingerprint density at radius 2 is 2.12 bits per heavy atom. The zero-order valence-corrected chi connectivity index (χ0v) is 18.3. The lowest BCUT2D eigenvalue weighted by molar-refractivity contribution is -0.114. The number of rotatable bonds is 7. The molecule has 1 fully saturated rings. The van der Waals surface area contributed by atoms with Gasteiger partial charge in [-0.15, -0.1) is 0 Å². The number of likely N-dealkylation sites (N-methyl/N-ethyl adjacent to an activating group) is 1. The van der Waals surface area contributed by atoms with E-state index in [9.17, 15) is 9.59 Å². The summed E-state index contributed by atoms with van der Waals surface area (Å²) in [5.41, 5.74) is 2.06. The molecule has 3 heterocycles. The van der Waals surface area contributed by atoms with Crippen molar-refractivity contribution in [2.75, 3.05) is 23.8 Å². The lowest BCUT2D eigenvalue weighted by atomic mass is 10.0. The smallest absolute Gasteiger partial charge is 0.407 e. The first-order valence-corrected chi connectivity index (χ1v) is 10.6. The Labute approximate surface area is 184 Å². The quantitative estimate of drug-likeness (QED) is 0.434. The molecule has 0 aromatic carbocycles. The Morgan fingerprint density at radius 3 is 2.94 bits per heavy atom. The van der Waals surface area contributed by atoms with Crippen LogP contribution in [0, 0.1) is 0 Å². The molecule has 12 nitrogen and oxygen atoms in total. The van der Waals surface area contributed by atoms with Crippen LogP contribution in [0.15, 0.2) is 18.7 Å². The number of carbonyl (C=O) groups excluding carboxylic acids is 2. The van der Waals surface area contributed by atoms with Gasteiger partial charge in [0.1, 0.15) is 23.8 Å². The van der Waals surface area contributed by atoms with Gasteiger partial charge in [0.05, 0.1) is 18.6 Å². The van der Waals surface area contributed by atoms with Crippen molar-refractivity contribution in [3.63, 3.8) is 0 Å². The summed E-state index contributed by atoms with van der Waals surface area (Å²) in [6.07, 6.45) is 4.80. The summed E-state index contributed by atoms with van der Waals surface area (Å²) in [6.45, 7) is 3.87. The van der Waals surface area contributed by atoms with Crippen LogP contribution in [0.1, 0.15) is 44.7 Å². The van der Waals surface area contributed by atoms with Crippen LogP contribution < -0.4 is 15.5 Å². The number of amides is 2. The number of hydrogen-bond acceptors (Lipinski definition) is 8. The molecule has 1 saturated carbocycles. The minimum absolute atomic E-state index is 0.0381. The van der Waals surface area contributed by atoms with E-state index in [-0.39, 0.29) is 36.6 Å². The lowest BCUT2D eigenvalue weighted by Gasteiger charge is -2.17. The number of imidazole rings is 1. The van der Waals surface area contributed by atoms with Crippen molar-refractivity contribution in [2.45, 2.75) is 51.2 Å². The summed E-state index contributed by atoms with van der Waals surface area (Å²) >= 11 is 0. The zero-order valence-electron chi connectivity index (χ0n) is 18.3. The predicted molar refractivity (Wildman–Crippen MR) is 117 cm³/mol. The van der Waals surface area contributed by atoms with E-state index < -0.39 is 0 Å². The number of anilines is 2. The van der Waals surface area contributed by atoms with E-state index in [4.69, 9.17) is 4.74 Å². The van der Waals surface area contributed by atoms with E-state index in [2.05, 4.69) is 40.8 Å². The molecular formula is C20H27N9O3. The predicted octanol–water partition coefficient (Wildman–Crippen LogP) is 1.92. The number of carbonyl (C=O) groups is 2. The van der Waals surface area contributed by atoms with E-state index >= 15 is 0 Å². The molecule has 1 aliphatic rings. The molecule has 32 heavy (non-hydrogen) atoms. The number of aromatic amines is 2. The topological polar surface area (TPSA) is 154 Å². The fourth-order valence-corrected chi connectivity index (χ4v) is 3.87. The molecule has 4 N–H and O–H groups in total. The SMILES string of the molecule is CC(C)NC(=O)O[C@@H]1CC[C@H](c2cc(NC(=O)CN(C)c3ncnc4nc[nH]c34)[nH]n2)C1. The second-order valence-electron chi connectivity index (χ2n) is 8.25. The molecule has 4 rings (SSSR count). The second kappa shape index (κ2) is 9.20. The molecule has 0 bridgehead atoms. The van der Waals surface area contributed by atoms with Gasteiger partial charge < -0.3 is 25.3 Å². The molecule has 170 valence electrons. The first-order chi connectivity index (χ1) is 15.4. The molecule has 0 unspecified atom stereocenters. The van der Waals surface area contributed by atoms with Crippen LogP contribution in [0.5, 0.6) is 0 Å². The molecule has 0 aliphatic heterocycles. The van der Waals surface area contributed by atoms with Gasteiger partial charge in [0.2, 0.25) is 5.91 Å². The third-order valence-corrected chi connectivity index (χ3v) is 5.30. The van der Waals surface area contributed by atoms with Crippen molar-refractivity contribution in [3.8, 4) is 0 Å². The van der Waals surface area contributed by atoms with Crippen molar-refractivity contribution in [1.29, 1.82) is 0 Å². The van der Waals surface area contributed by atoms with Crippen LogP contribution in [0.4, 0.5) is 16.4 Å². The van der Waals surface area contributed by atoms with Gasteiger partial charge in [0, 0.05) is 25.1 Å². The van der Waals surface area contributed by atoms with Gasteiger partial charge in [-0.1, -0.05) is 0 Å². The minimum Gasteiger partial charge on any atom is -0.446 e. The average molecular weight is 441 g/mol. The molecular weight excluding hydrogens is 414 g/mol. The number of ether oxygens (including phenoxy) is 1. The van der Waals surface area contributed by atoms with E-state index in [0.717, 1.165) is 18.5 Å². The van der Waals surface area contributed by atoms with Crippen LogP contribution in [-0.2, 0) is 9.53 Å². The zero-order chi connectivity index (χ0) is 22.7. The van der Waals surface area contributed by atoms with Crippen LogP contribution in [-0.4, -0.2) is 67.9 Å². The first kappa shape index (κ1) is 21.5. The number of hydrogen-bond donors (Lipinski definition) is 4. The Morgan fingerprint density at radius 1 is 1.28 bits per heavy atom. The summed E-state index contributed by atoms with van der Waals surface area (Å²) in [7, 11) is 1.77. The van der Waals surface area contributed by atoms with Gasteiger partial charge >= 0.3 is 6.09 Å². The highest BCUT2D eigenvalue weighted by Gasteiger charge is 2.30. The summed E-state index contributed by atoms with van der Waals surface area (Å²) in [4.78, 5) is 41.5. The van der Waals surface area contributed by atoms with Crippen molar-refractivity contribution < 1.29 is 14.3 Å². The Kier molecular flexibility index (Phi) is 6.19. The van der Waals surface area contributed by atoms with Crippen LogP contribution in [0.2, 0.25) is 0 Å². The molecule has 1 aliphatic carbocycles. The van der Waals surface area contributed by atoms with Gasteiger partial charge in [-0.05, 0) is 33.1 Å². The van der Waals surface area contributed by atoms with Crippen molar-refractivity contribution in [1.82, 2.24) is 35.5 Å². The maximum atomic E-state index is 12.5. The number of nitrogens with one attached hydrogen (secondary N) is 4. The van der Waals surface area contributed by atoms with Crippen LogP contribution in [0.25, 0.3) is 11.2 Å². The van der Waals surface area contributed by atoms with Gasteiger partial charge in [0.15, 0.2) is 11.5 Å². The molecule has 0 saturated heterocycles. The Hall–Kier alpha value is -3.70.